The molecule has 0 aliphatic heterocycles. The van der Waals surface area contributed by atoms with Gasteiger partial charge in [-0.25, -0.2) is 0 Å². The van der Waals surface area contributed by atoms with Crippen LogP contribution < -0.4 is 5.32 Å². The summed E-state index contributed by atoms with van der Waals surface area (Å²) in [6.45, 7) is 9.58. The van der Waals surface area contributed by atoms with Crippen molar-refractivity contribution in [3.8, 4) is 0 Å². The van der Waals surface area contributed by atoms with E-state index in [9.17, 15) is 0 Å². The molecule has 0 fully saturated rings. The summed E-state index contributed by atoms with van der Waals surface area (Å²) in [4.78, 5) is 0. The molecule has 2 atom stereocenters. The van der Waals surface area contributed by atoms with Crippen molar-refractivity contribution in [3.05, 3.63) is 35.4 Å². The fourth-order valence-corrected chi connectivity index (χ4v) is 2.97. The molecule has 106 valence electrons. The number of hydrogen-bond donors (Lipinski definition) is 1. The molecule has 2 nitrogen and oxygen atoms in total. The fraction of sp³-hybridized carbons (Fsp3) is 0.647. The summed E-state index contributed by atoms with van der Waals surface area (Å²) in [6, 6.07) is 9.13. The zero-order valence-electron chi connectivity index (χ0n) is 12.7. The highest BCUT2D eigenvalue weighted by molar-refractivity contribution is 5.32. The summed E-state index contributed by atoms with van der Waals surface area (Å²) < 4.78 is 6.32. The lowest BCUT2D eigenvalue weighted by molar-refractivity contribution is -0.0784. The summed E-state index contributed by atoms with van der Waals surface area (Å²) in [7, 11) is 0. The maximum Gasteiger partial charge on any atom is 0.0777 e. The Morgan fingerprint density at radius 1 is 1.26 bits per heavy atom. The zero-order valence-corrected chi connectivity index (χ0v) is 12.7. The van der Waals surface area contributed by atoms with Crippen molar-refractivity contribution < 1.29 is 4.74 Å². The van der Waals surface area contributed by atoms with E-state index in [0.717, 1.165) is 13.0 Å². The van der Waals surface area contributed by atoms with E-state index in [0.29, 0.717) is 6.04 Å². The zero-order chi connectivity index (χ0) is 13.9. The van der Waals surface area contributed by atoms with Gasteiger partial charge in [0.25, 0.3) is 0 Å². The SMILES string of the molecule is CCNC1c2ccccc2CCCC1OC(C)(C)C. The van der Waals surface area contributed by atoms with Crippen LogP contribution in [0, 0.1) is 0 Å². The molecule has 1 aliphatic rings. The van der Waals surface area contributed by atoms with Crippen LogP contribution in [0.25, 0.3) is 0 Å². The van der Waals surface area contributed by atoms with E-state index in [1.54, 1.807) is 0 Å². The molecule has 0 heterocycles. The van der Waals surface area contributed by atoms with Gasteiger partial charge in [-0.15, -0.1) is 0 Å². The minimum atomic E-state index is -0.0857. The molecule has 0 bridgehead atoms. The van der Waals surface area contributed by atoms with Crippen LogP contribution >= 0.6 is 0 Å². The summed E-state index contributed by atoms with van der Waals surface area (Å²) in [6.07, 6.45) is 3.77. The highest BCUT2D eigenvalue weighted by atomic mass is 16.5. The molecule has 0 saturated carbocycles. The molecule has 0 aromatic heterocycles. The van der Waals surface area contributed by atoms with E-state index in [1.165, 1.54) is 24.0 Å². The third kappa shape index (κ3) is 3.80. The number of fused-ring (bicyclic) bond motifs is 1. The molecule has 1 aromatic rings. The second kappa shape index (κ2) is 6.06. The van der Waals surface area contributed by atoms with Gasteiger partial charge in [-0.3, -0.25) is 0 Å². The standard InChI is InChI=1S/C17H27NO/c1-5-18-16-14-11-7-6-9-13(14)10-8-12-15(16)19-17(2,3)4/h6-7,9,11,15-16,18H,5,8,10,12H2,1-4H3. The van der Waals surface area contributed by atoms with Crippen molar-refractivity contribution in [1.29, 1.82) is 0 Å². The maximum absolute atomic E-state index is 6.32. The number of ether oxygens (including phenoxy) is 1. The Balaban J connectivity index is 2.29. The van der Waals surface area contributed by atoms with Gasteiger partial charge in [0.1, 0.15) is 0 Å². The highest BCUT2D eigenvalue weighted by Gasteiger charge is 2.30. The molecule has 19 heavy (non-hydrogen) atoms. The Morgan fingerprint density at radius 2 is 2.00 bits per heavy atom. The van der Waals surface area contributed by atoms with Crippen molar-refractivity contribution >= 4 is 0 Å². The van der Waals surface area contributed by atoms with Gasteiger partial charge in [0.15, 0.2) is 0 Å². The lowest BCUT2D eigenvalue weighted by Gasteiger charge is -2.33. The Morgan fingerprint density at radius 3 is 2.68 bits per heavy atom. The first-order chi connectivity index (χ1) is 9.01. The minimum Gasteiger partial charge on any atom is -0.371 e. The summed E-state index contributed by atoms with van der Waals surface area (Å²) >= 11 is 0. The van der Waals surface area contributed by atoms with Gasteiger partial charge in [0.2, 0.25) is 0 Å². The quantitative estimate of drug-likeness (QED) is 0.834. The number of rotatable bonds is 3. The normalized spacial score (nSPS) is 23.8. The lowest BCUT2D eigenvalue weighted by Crippen LogP contribution is -2.38. The predicted molar refractivity (Wildman–Crippen MR) is 80.4 cm³/mol. The first kappa shape index (κ1) is 14.5. The molecule has 1 N–H and O–H groups in total. The molecule has 2 unspecified atom stereocenters. The van der Waals surface area contributed by atoms with Crippen LogP contribution in [0.1, 0.15) is 57.7 Å². The molecule has 0 saturated heterocycles. The van der Waals surface area contributed by atoms with Crippen LogP contribution in [0.2, 0.25) is 0 Å². The molecule has 2 rings (SSSR count). The van der Waals surface area contributed by atoms with Gasteiger partial charge in [-0.05, 0) is 57.7 Å². The van der Waals surface area contributed by atoms with Crippen molar-refractivity contribution in [2.24, 2.45) is 0 Å². The van der Waals surface area contributed by atoms with E-state index in [2.05, 4.69) is 57.3 Å². The van der Waals surface area contributed by atoms with Gasteiger partial charge < -0.3 is 10.1 Å². The van der Waals surface area contributed by atoms with Crippen molar-refractivity contribution in [2.75, 3.05) is 6.54 Å². The van der Waals surface area contributed by atoms with Crippen LogP contribution in [0.15, 0.2) is 24.3 Å². The van der Waals surface area contributed by atoms with E-state index in [1.807, 2.05) is 0 Å². The Kier molecular flexibility index (Phi) is 4.64. The fourth-order valence-electron chi connectivity index (χ4n) is 2.97. The van der Waals surface area contributed by atoms with Gasteiger partial charge in [0, 0.05) is 0 Å². The molecule has 1 aliphatic carbocycles. The number of nitrogens with one attached hydrogen (secondary N) is 1. The minimum absolute atomic E-state index is 0.0857. The van der Waals surface area contributed by atoms with Gasteiger partial charge >= 0.3 is 0 Å². The monoisotopic (exact) mass is 261 g/mol. The highest BCUT2D eigenvalue weighted by Crippen LogP contribution is 2.32. The van der Waals surface area contributed by atoms with Crippen LogP contribution in [0.5, 0.6) is 0 Å². The Labute approximate surface area is 117 Å². The second-order valence-electron chi connectivity index (χ2n) is 6.40. The molecule has 0 radical (unpaired) electrons. The van der Waals surface area contributed by atoms with E-state index >= 15 is 0 Å². The van der Waals surface area contributed by atoms with Crippen LogP contribution in [-0.2, 0) is 11.2 Å². The molecule has 2 heteroatoms. The van der Waals surface area contributed by atoms with Gasteiger partial charge in [0.05, 0.1) is 17.7 Å². The third-order valence-corrected chi connectivity index (χ3v) is 3.63. The van der Waals surface area contributed by atoms with Gasteiger partial charge in [-0.2, -0.15) is 0 Å². The third-order valence-electron chi connectivity index (χ3n) is 3.63. The van der Waals surface area contributed by atoms with E-state index in [-0.39, 0.29) is 11.7 Å². The molecule has 0 amide bonds. The largest absolute Gasteiger partial charge is 0.371 e. The molecule has 1 aromatic carbocycles. The van der Waals surface area contributed by atoms with Crippen LogP contribution in [0.4, 0.5) is 0 Å². The lowest BCUT2D eigenvalue weighted by atomic mass is 9.97. The summed E-state index contributed by atoms with van der Waals surface area (Å²) in [5.74, 6) is 0. The summed E-state index contributed by atoms with van der Waals surface area (Å²) in [5.41, 5.74) is 2.82. The summed E-state index contributed by atoms with van der Waals surface area (Å²) in [5, 5.41) is 3.63. The average Bonchev–Trinajstić information content (AvgIpc) is 2.49. The van der Waals surface area contributed by atoms with Crippen LogP contribution in [0.3, 0.4) is 0 Å². The van der Waals surface area contributed by atoms with Crippen LogP contribution in [-0.4, -0.2) is 18.2 Å². The number of aryl methyl sites for hydroxylation is 1. The smallest absolute Gasteiger partial charge is 0.0777 e. The van der Waals surface area contributed by atoms with E-state index < -0.39 is 0 Å². The average molecular weight is 261 g/mol. The first-order valence-electron chi connectivity index (χ1n) is 7.50. The predicted octanol–water partition coefficient (Wildman–Crippen LogP) is 3.86. The molecular weight excluding hydrogens is 234 g/mol. The topological polar surface area (TPSA) is 21.3 Å². The number of benzene rings is 1. The molecule has 0 spiro atoms. The Bertz CT molecular complexity index is 408. The maximum atomic E-state index is 6.32. The molecular formula is C17H27NO. The second-order valence-corrected chi connectivity index (χ2v) is 6.40. The number of hydrogen-bond acceptors (Lipinski definition) is 2. The number of likely N-dealkylation sites (N-methyl/N-ethyl adjacent to an activating group) is 1. The van der Waals surface area contributed by atoms with Crippen molar-refractivity contribution in [2.45, 2.75) is 64.7 Å². The van der Waals surface area contributed by atoms with Crippen molar-refractivity contribution in [3.63, 3.8) is 0 Å². The van der Waals surface area contributed by atoms with Crippen molar-refractivity contribution in [1.82, 2.24) is 5.32 Å². The van der Waals surface area contributed by atoms with E-state index in [4.69, 9.17) is 4.74 Å². The Hall–Kier alpha value is -0.860. The first-order valence-corrected chi connectivity index (χ1v) is 7.50. The van der Waals surface area contributed by atoms with Gasteiger partial charge in [-0.1, -0.05) is 31.2 Å².